The number of likely N-dealkylation sites (tertiary alicyclic amines) is 1. The van der Waals surface area contributed by atoms with Crippen LogP contribution in [-0.2, 0) is 6.54 Å². The van der Waals surface area contributed by atoms with Crippen molar-refractivity contribution in [2.45, 2.75) is 39.3 Å². The number of hydrogen-bond donors (Lipinski definition) is 1. The predicted octanol–water partition coefficient (Wildman–Crippen LogP) is 2.77. The van der Waals surface area contributed by atoms with Crippen molar-refractivity contribution in [1.82, 2.24) is 10.2 Å². The number of hydrogen-bond acceptors (Lipinski definition) is 3. The lowest BCUT2D eigenvalue weighted by Gasteiger charge is -2.35. The van der Waals surface area contributed by atoms with Gasteiger partial charge >= 0.3 is 0 Å². The third kappa shape index (κ3) is 4.33. The minimum atomic E-state index is 0.598. The van der Waals surface area contributed by atoms with Gasteiger partial charge in [-0.2, -0.15) is 5.26 Å². The Morgan fingerprint density at radius 2 is 1.95 bits per heavy atom. The number of rotatable bonds is 5. The molecule has 1 atom stereocenters. The molecule has 3 heteroatoms. The highest BCUT2D eigenvalue weighted by atomic mass is 15.2. The van der Waals surface area contributed by atoms with E-state index >= 15 is 0 Å². The summed E-state index contributed by atoms with van der Waals surface area (Å²) in [5.41, 5.74) is 1.97. The Balaban J connectivity index is 1.70. The van der Waals surface area contributed by atoms with Gasteiger partial charge in [0.25, 0.3) is 0 Å². The zero-order chi connectivity index (χ0) is 14.4. The molecule has 1 N–H and O–H groups in total. The number of nitriles is 1. The summed E-state index contributed by atoms with van der Waals surface area (Å²) in [4.78, 5) is 2.59. The molecule has 108 valence electrons. The maximum absolute atomic E-state index is 8.77. The molecule has 1 saturated heterocycles. The third-order valence-electron chi connectivity index (χ3n) is 4.29. The van der Waals surface area contributed by atoms with E-state index in [1.165, 1.54) is 31.5 Å². The zero-order valence-electron chi connectivity index (χ0n) is 12.6. The van der Waals surface area contributed by atoms with Crippen molar-refractivity contribution in [3.05, 3.63) is 35.4 Å². The SMILES string of the molecule is CC1CCN(C(C)CNCc2ccc(C#N)cc2)CC1. The van der Waals surface area contributed by atoms with E-state index in [0.29, 0.717) is 6.04 Å². The molecule has 0 aliphatic carbocycles. The summed E-state index contributed by atoms with van der Waals surface area (Å²) >= 11 is 0. The fraction of sp³-hybridized carbons (Fsp3) is 0.588. The second-order valence-electron chi connectivity index (χ2n) is 6.01. The lowest BCUT2D eigenvalue weighted by molar-refractivity contribution is 0.144. The van der Waals surface area contributed by atoms with E-state index in [9.17, 15) is 0 Å². The molecule has 1 fully saturated rings. The second kappa shape index (κ2) is 7.42. The number of benzene rings is 1. The van der Waals surface area contributed by atoms with Crippen LogP contribution < -0.4 is 5.32 Å². The van der Waals surface area contributed by atoms with Gasteiger partial charge in [-0.3, -0.25) is 4.90 Å². The van der Waals surface area contributed by atoms with Gasteiger partial charge in [-0.1, -0.05) is 19.1 Å². The topological polar surface area (TPSA) is 39.1 Å². The molecule has 1 aliphatic heterocycles. The predicted molar refractivity (Wildman–Crippen MR) is 82.3 cm³/mol. The first-order valence-corrected chi connectivity index (χ1v) is 7.63. The van der Waals surface area contributed by atoms with Crippen molar-refractivity contribution < 1.29 is 0 Å². The van der Waals surface area contributed by atoms with Gasteiger partial charge in [0.2, 0.25) is 0 Å². The van der Waals surface area contributed by atoms with Crippen LogP contribution in [0.15, 0.2) is 24.3 Å². The first kappa shape index (κ1) is 15.0. The Bertz CT molecular complexity index is 438. The summed E-state index contributed by atoms with van der Waals surface area (Å²) in [7, 11) is 0. The molecule has 1 aromatic rings. The molecule has 20 heavy (non-hydrogen) atoms. The molecule has 1 aliphatic rings. The van der Waals surface area contributed by atoms with Gasteiger partial charge < -0.3 is 5.32 Å². The van der Waals surface area contributed by atoms with Crippen LogP contribution in [0.5, 0.6) is 0 Å². The van der Waals surface area contributed by atoms with Crippen molar-refractivity contribution in [3.8, 4) is 6.07 Å². The monoisotopic (exact) mass is 271 g/mol. The maximum atomic E-state index is 8.77. The molecule has 0 aromatic heterocycles. The van der Waals surface area contributed by atoms with E-state index in [4.69, 9.17) is 5.26 Å². The highest BCUT2D eigenvalue weighted by Crippen LogP contribution is 2.17. The number of nitrogens with zero attached hydrogens (tertiary/aromatic N) is 2. The van der Waals surface area contributed by atoms with E-state index in [-0.39, 0.29) is 0 Å². The molecule has 3 nitrogen and oxygen atoms in total. The Morgan fingerprint density at radius 1 is 1.30 bits per heavy atom. The zero-order valence-corrected chi connectivity index (χ0v) is 12.6. The number of nitrogens with one attached hydrogen (secondary N) is 1. The molecule has 1 heterocycles. The van der Waals surface area contributed by atoms with Gasteiger partial charge in [0.1, 0.15) is 0 Å². The molecule has 0 bridgehead atoms. The standard InChI is InChI=1S/C17H25N3/c1-14-7-9-20(10-8-14)15(2)12-19-13-17-5-3-16(11-18)4-6-17/h3-6,14-15,19H,7-10,12-13H2,1-2H3. The van der Waals surface area contributed by atoms with Gasteiger partial charge in [-0.25, -0.2) is 0 Å². The molecular weight excluding hydrogens is 246 g/mol. The minimum absolute atomic E-state index is 0.598. The number of piperidine rings is 1. The smallest absolute Gasteiger partial charge is 0.0991 e. The van der Waals surface area contributed by atoms with E-state index in [2.05, 4.69) is 30.1 Å². The molecule has 1 aromatic carbocycles. The Labute approximate surface area is 122 Å². The van der Waals surface area contributed by atoms with E-state index in [1.54, 1.807) is 0 Å². The van der Waals surface area contributed by atoms with E-state index < -0.39 is 0 Å². The van der Waals surface area contributed by atoms with Crippen LogP contribution in [0.1, 0.15) is 37.8 Å². The normalized spacial score (nSPS) is 18.6. The molecule has 0 saturated carbocycles. The van der Waals surface area contributed by atoms with Crippen LogP contribution in [-0.4, -0.2) is 30.6 Å². The van der Waals surface area contributed by atoms with E-state index in [0.717, 1.165) is 24.6 Å². The fourth-order valence-corrected chi connectivity index (χ4v) is 2.72. The van der Waals surface area contributed by atoms with Gasteiger partial charge in [-0.05, 0) is 56.5 Å². The molecule has 0 radical (unpaired) electrons. The lowest BCUT2D eigenvalue weighted by atomic mass is 9.98. The molecular formula is C17H25N3. The van der Waals surface area contributed by atoms with Crippen molar-refractivity contribution >= 4 is 0 Å². The third-order valence-corrected chi connectivity index (χ3v) is 4.29. The van der Waals surface area contributed by atoms with Gasteiger partial charge in [0.15, 0.2) is 0 Å². The largest absolute Gasteiger partial charge is 0.311 e. The van der Waals surface area contributed by atoms with Crippen LogP contribution in [0.3, 0.4) is 0 Å². The maximum Gasteiger partial charge on any atom is 0.0991 e. The lowest BCUT2D eigenvalue weighted by Crippen LogP contribution is -2.44. The highest BCUT2D eigenvalue weighted by molar-refractivity contribution is 5.31. The van der Waals surface area contributed by atoms with E-state index in [1.807, 2.05) is 24.3 Å². The summed E-state index contributed by atoms with van der Waals surface area (Å²) in [6, 6.07) is 10.6. The fourth-order valence-electron chi connectivity index (χ4n) is 2.72. The van der Waals surface area contributed by atoms with Gasteiger partial charge in [0, 0.05) is 19.1 Å². The van der Waals surface area contributed by atoms with Crippen LogP contribution in [0.4, 0.5) is 0 Å². The Kier molecular flexibility index (Phi) is 5.58. The van der Waals surface area contributed by atoms with Gasteiger partial charge in [-0.15, -0.1) is 0 Å². The molecule has 1 unspecified atom stereocenters. The summed E-state index contributed by atoms with van der Waals surface area (Å²) in [6.45, 7) is 9.03. The molecule has 2 rings (SSSR count). The van der Waals surface area contributed by atoms with Crippen LogP contribution in [0.25, 0.3) is 0 Å². The summed E-state index contributed by atoms with van der Waals surface area (Å²) < 4.78 is 0. The van der Waals surface area contributed by atoms with Crippen molar-refractivity contribution in [2.75, 3.05) is 19.6 Å². The van der Waals surface area contributed by atoms with Crippen LogP contribution in [0, 0.1) is 17.2 Å². The van der Waals surface area contributed by atoms with Crippen molar-refractivity contribution in [2.24, 2.45) is 5.92 Å². The second-order valence-corrected chi connectivity index (χ2v) is 6.01. The first-order chi connectivity index (χ1) is 9.69. The van der Waals surface area contributed by atoms with Crippen molar-refractivity contribution in [3.63, 3.8) is 0 Å². The van der Waals surface area contributed by atoms with Crippen LogP contribution in [0.2, 0.25) is 0 Å². The quantitative estimate of drug-likeness (QED) is 0.895. The Morgan fingerprint density at radius 3 is 2.55 bits per heavy atom. The Hall–Kier alpha value is -1.37. The highest BCUT2D eigenvalue weighted by Gasteiger charge is 2.19. The average molecular weight is 271 g/mol. The van der Waals surface area contributed by atoms with Crippen LogP contribution >= 0.6 is 0 Å². The first-order valence-electron chi connectivity index (χ1n) is 7.63. The van der Waals surface area contributed by atoms with Crippen molar-refractivity contribution in [1.29, 1.82) is 5.26 Å². The summed E-state index contributed by atoms with van der Waals surface area (Å²) in [6.07, 6.45) is 2.67. The summed E-state index contributed by atoms with van der Waals surface area (Å²) in [5, 5.41) is 12.3. The summed E-state index contributed by atoms with van der Waals surface area (Å²) in [5.74, 6) is 0.894. The molecule has 0 amide bonds. The molecule has 0 spiro atoms. The minimum Gasteiger partial charge on any atom is -0.311 e. The van der Waals surface area contributed by atoms with Gasteiger partial charge in [0.05, 0.1) is 11.6 Å². The average Bonchev–Trinajstić information content (AvgIpc) is 2.48.